The van der Waals surface area contributed by atoms with Gasteiger partial charge in [-0.2, -0.15) is 0 Å². The molecule has 0 N–H and O–H groups in total. The molecule has 0 unspecified atom stereocenters. The van der Waals surface area contributed by atoms with Gasteiger partial charge in [-0.25, -0.2) is 4.90 Å². The lowest BCUT2D eigenvalue weighted by molar-refractivity contribution is -0.130. The van der Waals surface area contributed by atoms with Crippen molar-refractivity contribution in [3.05, 3.63) is 171 Å². The van der Waals surface area contributed by atoms with Crippen molar-refractivity contribution in [2.45, 2.75) is 17.8 Å². The van der Waals surface area contributed by atoms with Crippen LogP contribution in [0.5, 0.6) is 0 Å². The Hall–Kier alpha value is -5.10. The fourth-order valence-corrected chi connectivity index (χ4v) is 8.73. The molecule has 2 bridgehead atoms. The number of ketones is 2. The van der Waals surface area contributed by atoms with Crippen LogP contribution in [0, 0.1) is 11.8 Å². The molecule has 8 rings (SSSR count). The second-order valence-corrected chi connectivity index (χ2v) is 13.4. The average molecular weight is 669 g/mol. The lowest BCUT2D eigenvalue weighted by Gasteiger charge is -2.39. The van der Waals surface area contributed by atoms with Gasteiger partial charge in [0.15, 0.2) is 11.6 Å². The quantitative estimate of drug-likeness (QED) is 0.135. The number of fused-ring (bicyclic) bond motifs is 5. The molecule has 0 aromatic heterocycles. The Morgan fingerprint density at radius 2 is 1.02 bits per heavy atom. The van der Waals surface area contributed by atoms with Gasteiger partial charge >= 0.3 is 0 Å². The van der Waals surface area contributed by atoms with Gasteiger partial charge in [-0.15, -0.1) is 0 Å². The number of Topliss-reactive ketones (excluding diaryl/α,β-unsaturated/α-hetero) is 2. The third kappa shape index (κ3) is 3.92. The minimum Gasteiger partial charge on any atom is -0.297 e. The summed E-state index contributed by atoms with van der Waals surface area (Å²) in [6, 6.07) is 39.8. The predicted molar refractivity (Wildman–Crippen MR) is 187 cm³/mol. The maximum atomic E-state index is 16.0. The van der Waals surface area contributed by atoms with E-state index in [0.29, 0.717) is 43.6 Å². The number of allylic oxidation sites excluding steroid dienone is 2. The summed E-state index contributed by atoms with van der Waals surface area (Å²) in [7, 11) is 0. The Morgan fingerprint density at radius 1 is 0.583 bits per heavy atom. The lowest BCUT2D eigenvalue weighted by Crippen LogP contribution is -2.45. The molecule has 5 aromatic rings. The van der Waals surface area contributed by atoms with Gasteiger partial charge in [0.1, 0.15) is 0 Å². The van der Waals surface area contributed by atoms with Crippen molar-refractivity contribution < 1.29 is 19.2 Å². The van der Waals surface area contributed by atoms with Crippen LogP contribution in [0.2, 0.25) is 10.0 Å². The van der Waals surface area contributed by atoms with Gasteiger partial charge in [0.2, 0.25) is 11.8 Å². The smallest absolute Gasteiger partial charge is 0.239 e. The summed E-state index contributed by atoms with van der Waals surface area (Å²) in [6.07, 6.45) is 0. The molecular formula is C41H27Cl2NO4. The van der Waals surface area contributed by atoms with E-state index in [2.05, 4.69) is 0 Å². The van der Waals surface area contributed by atoms with E-state index in [1.54, 1.807) is 72.8 Å². The van der Waals surface area contributed by atoms with E-state index >= 15 is 14.4 Å². The summed E-state index contributed by atoms with van der Waals surface area (Å²) in [5.74, 6) is -3.63. The molecule has 7 heteroatoms. The Labute approximate surface area is 287 Å². The molecule has 0 radical (unpaired) electrons. The SMILES string of the molecule is CC(=O)c1cccc(N2C(=O)[C@@H]3[C@H](C2=O)[C@@]2(c4ccc(Cl)cc4)C(=O)[C@@]3(c3ccc(Cl)cc3)C(c3ccccc3)=C2c2ccccc2)c1. The highest BCUT2D eigenvalue weighted by atomic mass is 35.5. The van der Waals surface area contributed by atoms with E-state index in [-0.39, 0.29) is 11.6 Å². The second kappa shape index (κ2) is 11.0. The molecule has 1 aliphatic heterocycles. The van der Waals surface area contributed by atoms with E-state index in [1.165, 1.54) is 11.8 Å². The molecule has 3 aliphatic rings. The molecular weight excluding hydrogens is 641 g/mol. The molecule has 2 amide bonds. The van der Waals surface area contributed by atoms with Gasteiger partial charge in [-0.05, 0) is 76.7 Å². The van der Waals surface area contributed by atoms with E-state index in [1.807, 2.05) is 60.7 Å². The van der Waals surface area contributed by atoms with Crippen molar-refractivity contribution in [3.63, 3.8) is 0 Å². The van der Waals surface area contributed by atoms with Crippen LogP contribution in [0.1, 0.15) is 39.5 Å². The van der Waals surface area contributed by atoms with E-state index in [4.69, 9.17) is 23.2 Å². The molecule has 4 atom stereocenters. The van der Waals surface area contributed by atoms with E-state index in [9.17, 15) is 4.79 Å². The van der Waals surface area contributed by atoms with Crippen molar-refractivity contribution in [1.82, 2.24) is 0 Å². The highest BCUT2D eigenvalue weighted by Gasteiger charge is 2.82. The van der Waals surface area contributed by atoms with Gasteiger partial charge in [-0.3, -0.25) is 19.2 Å². The summed E-state index contributed by atoms with van der Waals surface area (Å²) < 4.78 is 0. The van der Waals surface area contributed by atoms with Gasteiger partial charge in [0.05, 0.1) is 28.4 Å². The molecule has 0 spiro atoms. The average Bonchev–Trinajstić information content (AvgIpc) is 3.61. The zero-order valence-corrected chi connectivity index (χ0v) is 27.2. The maximum Gasteiger partial charge on any atom is 0.239 e. The second-order valence-electron chi connectivity index (χ2n) is 12.5. The summed E-state index contributed by atoms with van der Waals surface area (Å²) in [5, 5.41) is 0.952. The minimum atomic E-state index is -1.57. The van der Waals surface area contributed by atoms with Crippen molar-refractivity contribution >= 4 is 63.4 Å². The van der Waals surface area contributed by atoms with Crippen LogP contribution in [-0.4, -0.2) is 23.4 Å². The number of benzene rings is 5. The third-order valence-corrected chi connectivity index (χ3v) is 10.7. The van der Waals surface area contributed by atoms with Gasteiger partial charge in [0, 0.05) is 15.6 Å². The first-order chi connectivity index (χ1) is 23.2. The van der Waals surface area contributed by atoms with Gasteiger partial charge in [-0.1, -0.05) is 120 Å². The molecule has 5 aromatic carbocycles. The molecule has 2 fully saturated rings. The molecule has 48 heavy (non-hydrogen) atoms. The number of amides is 2. The number of halogens is 2. The lowest BCUT2D eigenvalue weighted by atomic mass is 9.59. The monoisotopic (exact) mass is 667 g/mol. The van der Waals surface area contributed by atoms with Crippen LogP contribution in [0.3, 0.4) is 0 Å². The van der Waals surface area contributed by atoms with Crippen LogP contribution in [0.4, 0.5) is 5.69 Å². The standard InChI is InChI=1S/C41H27Cl2NO4/c1-24(45)27-13-8-14-32(23-27)44-37(46)35-36(38(44)47)41(29-17-21-31(43)22-18-29)34(26-11-6-3-7-12-26)33(25-9-4-2-5-10-25)40(35,39(41)48)28-15-19-30(42)20-16-28/h2-23,35-36H,1H3/t35-,36+,40-,41-/m0/s1. The minimum absolute atomic E-state index is 0.193. The van der Waals surface area contributed by atoms with Crippen molar-refractivity contribution in [1.29, 1.82) is 0 Å². The Kier molecular flexibility index (Phi) is 6.92. The third-order valence-electron chi connectivity index (χ3n) is 10.2. The zero-order valence-electron chi connectivity index (χ0n) is 25.7. The fraction of sp³-hybridized carbons (Fsp3) is 0.122. The molecule has 1 heterocycles. The number of anilines is 1. The molecule has 1 saturated carbocycles. The Balaban J connectivity index is 1.54. The Bertz CT molecular complexity index is 2070. The van der Waals surface area contributed by atoms with E-state index in [0.717, 1.165) is 11.1 Å². The van der Waals surface area contributed by atoms with Crippen LogP contribution in [0.25, 0.3) is 11.1 Å². The van der Waals surface area contributed by atoms with Crippen molar-refractivity contribution in [2.24, 2.45) is 11.8 Å². The van der Waals surface area contributed by atoms with E-state index < -0.39 is 34.5 Å². The van der Waals surface area contributed by atoms with Crippen LogP contribution < -0.4 is 4.90 Å². The number of carbonyl (C=O) groups excluding carboxylic acids is 4. The first-order valence-electron chi connectivity index (χ1n) is 15.6. The van der Waals surface area contributed by atoms with Crippen molar-refractivity contribution in [2.75, 3.05) is 4.90 Å². The molecule has 5 nitrogen and oxygen atoms in total. The fourth-order valence-electron chi connectivity index (χ4n) is 8.48. The van der Waals surface area contributed by atoms with Crippen LogP contribution in [0.15, 0.2) is 133 Å². The summed E-state index contributed by atoms with van der Waals surface area (Å²) in [4.78, 5) is 59.8. The highest BCUT2D eigenvalue weighted by Crippen LogP contribution is 2.74. The first-order valence-corrected chi connectivity index (χ1v) is 16.4. The Morgan fingerprint density at radius 3 is 1.44 bits per heavy atom. The summed E-state index contributed by atoms with van der Waals surface area (Å²) in [6.45, 7) is 1.44. The van der Waals surface area contributed by atoms with Gasteiger partial charge in [0.25, 0.3) is 0 Å². The number of rotatable bonds is 6. The molecule has 2 aliphatic carbocycles. The molecule has 234 valence electrons. The topological polar surface area (TPSA) is 71.5 Å². The number of hydrogen-bond donors (Lipinski definition) is 0. The number of nitrogens with zero attached hydrogens (tertiary/aromatic N) is 1. The largest absolute Gasteiger partial charge is 0.297 e. The number of carbonyl (C=O) groups is 4. The zero-order chi connectivity index (χ0) is 33.4. The van der Waals surface area contributed by atoms with Gasteiger partial charge < -0.3 is 0 Å². The summed E-state index contributed by atoms with van der Waals surface area (Å²) in [5.41, 5.74) is 1.58. The van der Waals surface area contributed by atoms with Crippen LogP contribution >= 0.6 is 23.2 Å². The summed E-state index contributed by atoms with van der Waals surface area (Å²) >= 11 is 12.8. The first kappa shape index (κ1) is 30.2. The number of imide groups is 1. The van der Waals surface area contributed by atoms with Crippen molar-refractivity contribution in [3.8, 4) is 0 Å². The van der Waals surface area contributed by atoms with Crippen LogP contribution in [-0.2, 0) is 25.2 Å². The number of hydrogen-bond acceptors (Lipinski definition) is 4. The normalized spacial score (nSPS) is 24.4. The molecule has 1 saturated heterocycles. The predicted octanol–water partition coefficient (Wildman–Crippen LogP) is 8.38. The maximum absolute atomic E-state index is 16.0. The highest BCUT2D eigenvalue weighted by molar-refractivity contribution is 6.39.